The van der Waals surface area contributed by atoms with Gasteiger partial charge in [-0.15, -0.1) is 0 Å². The van der Waals surface area contributed by atoms with Crippen molar-refractivity contribution in [2.75, 3.05) is 25.5 Å². The van der Waals surface area contributed by atoms with E-state index in [1.54, 1.807) is 0 Å². The van der Waals surface area contributed by atoms with E-state index in [-0.39, 0.29) is 18.1 Å². The Labute approximate surface area is 114 Å². The van der Waals surface area contributed by atoms with Crippen LogP contribution >= 0.6 is 0 Å². The number of amides is 1. The van der Waals surface area contributed by atoms with Gasteiger partial charge in [-0.05, 0) is 44.5 Å². The molecule has 1 aromatic carbocycles. The van der Waals surface area contributed by atoms with Gasteiger partial charge in [0.1, 0.15) is 0 Å². The molecule has 0 spiro atoms. The van der Waals surface area contributed by atoms with Gasteiger partial charge < -0.3 is 15.0 Å². The van der Waals surface area contributed by atoms with Gasteiger partial charge in [0, 0.05) is 31.4 Å². The highest BCUT2D eigenvalue weighted by molar-refractivity contribution is 5.95. The average Bonchev–Trinajstić information content (AvgIpc) is 2.36. The zero-order valence-corrected chi connectivity index (χ0v) is 12.1. The van der Waals surface area contributed by atoms with Gasteiger partial charge in [-0.25, -0.2) is 0 Å². The third-order valence-electron chi connectivity index (χ3n) is 3.45. The van der Waals surface area contributed by atoms with E-state index in [2.05, 4.69) is 5.32 Å². The molecule has 2 unspecified atom stereocenters. The molecular formula is C15H22N2O2. The predicted molar refractivity (Wildman–Crippen MR) is 76.6 cm³/mol. The molecule has 0 aliphatic carbocycles. The first-order valence-corrected chi connectivity index (χ1v) is 6.74. The maximum atomic E-state index is 12.5. The minimum atomic E-state index is 0.0905. The number of hydrogen-bond acceptors (Lipinski definition) is 3. The van der Waals surface area contributed by atoms with E-state index in [4.69, 9.17) is 4.74 Å². The molecule has 104 valence electrons. The number of rotatable bonds is 2. The topological polar surface area (TPSA) is 41.6 Å². The van der Waals surface area contributed by atoms with Crippen LogP contribution in [0.1, 0.15) is 29.8 Å². The standard InChI is InChI=1S/C15H22N2O2/c1-10-7-13(5-6-14(10)16-4)15(18)17-8-11(2)19-12(3)9-17/h5-7,11-12,16H,8-9H2,1-4H3. The zero-order chi connectivity index (χ0) is 14.0. The molecule has 0 bridgehead atoms. The lowest BCUT2D eigenvalue weighted by Crippen LogP contribution is -2.48. The second kappa shape index (κ2) is 5.61. The molecule has 1 heterocycles. The first kappa shape index (κ1) is 13.9. The summed E-state index contributed by atoms with van der Waals surface area (Å²) in [6.45, 7) is 7.34. The van der Waals surface area contributed by atoms with Crippen LogP contribution in [0.2, 0.25) is 0 Å². The van der Waals surface area contributed by atoms with Gasteiger partial charge in [0.25, 0.3) is 5.91 Å². The van der Waals surface area contributed by atoms with E-state index in [0.717, 1.165) is 16.8 Å². The fourth-order valence-electron chi connectivity index (χ4n) is 2.60. The maximum Gasteiger partial charge on any atom is 0.254 e. The van der Waals surface area contributed by atoms with Crippen molar-refractivity contribution in [3.8, 4) is 0 Å². The summed E-state index contributed by atoms with van der Waals surface area (Å²) in [5.41, 5.74) is 2.89. The van der Waals surface area contributed by atoms with E-state index in [1.807, 2.05) is 50.9 Å². The highest BCUT2D eigenvalue weighted by atomic mass is 16.5. The van der Waals surface area contributed by atoms with Crippen molar-refractivity contribution < 1.29 is 9.53 Å². The van der Waals surface area contributed by atoms with Crippen LogP contribution < -0.4 is 5.32 Å². The molecule has 1 amide bonds. The lowest BCUT2D eigenvalue weighted by molar-refractivity contribution is -0.0586. The predicted octanol–water partition coefficient (Wildman–Crippen LogP) is 2.29. The number of carbonyl (C=O) groups excluding carboxylic acids is 1. The Morgan fingerprint density at radius 1 is 1.32 bits per heavy atom. The molecule has 4 heteroatoms. The normalized spacial score (nSPS) is 23.3. The summed E-state index contributed by atoms with van der Waals surface area (Å²) in [5, 5.41) is 3.11. The van der Waals surface area contributed by atoms with Gasteiger partial charge in [-0.1, -0.05) is 0 Å². The molecule has 4 nitrogen and oxygen atoms in total. The Balaban J connectivity index is 2.17. The van der Waals surface area contributed by atoms with E-state index >= 15 is 0 Å². The number of morpholine rings is 1. The van der Waals surface area contributed by atoms with Crippen molar-refractivity contribution in [3.63, 3.8) is 0 Å². The van der Waals surface area contributed by atoms with Gasteiger partial charge in [0.05, 0.1) is 12.2 Å². The number of benzene rings is 1. The number of ether oxygens (including phenoxy) is 1. The summed E-state index contributed by atoms with van der Waals surface area (Å²) >= 11 is 0. The van der Waals surface area contributed by atoms with Crippen molar-refractivity contribution in [2.45, 2.75) is 33.0 Å². The molecule has 1 fully saturated rings. The molecule has 1 aliphatic heterocycles. The Bertz CT molecular complexity index is 463. The van der Waals surface area contributed by atoms with Crippen LogP contribution in [0.15, 0.2) is 18.2 Å². The number of nitrogens with one attached hydrogen (secondary N) is 1. The summed E-state index contributed by atoms with van der Waals surface area (Å²) in [5.74, 6) is 0.0905. The number of carbonyl (C=O) groups is 1. The fraction of sp³-hybridized carbons (Fsp3) is 0.533. The van der Waals surface area contributed by atoms with Gasteiger partial charge >= 0.3 is 0 Å². The number of hydrogen-bond donors (Lipinski definition) is 1. The van der Waals surface area contributed by atoms with E-state index in [0.29, 0.717) is 13.1 Å². The van der Waals surface area contributed by atoms with Crippen LogP contribution in [0.25, 0.3) is 0 Å². The summed E-state index contributed by atoms with van der Waals surface area (Å²) < 4.78 is 5.66. The maximum absolute atomic E-state index is 12.5. The SMILES string of the molecule is CNc1ccc(C(=O)N2CC(C)OC(C)C2)cc1C. The second-order valence-electron chi connectivity index (χ2n) is 5.25. The molecule has 1 aromatic rings. The summed E-state index contributed by atoms with van der Waals surface area (Å²) in [7, 11) is 1.88. The van der Waals surface area contributed by atoms with Crippen LogP contribution in [-0.2, 0) is 4.74 Å². The highest BCUT2D eigenvalue weighted by Crippen LogP contribution is 2.19. The van der Waals surface area contributed by atoms with Crippen LogP contribution in [0.3, 0.4) is 0 Å². The Morgan fingerprint density at radius 2 is 1.95 bits per heavy atom. The number of nitrogens with zero attached hydrogens (tertiary/aromatic N) is 1. The molecule has 1 N–H and O–H groups in total. The molecule has 1 aliphatic rings. The third kappa shape index (κ3) is 3.07. The Morgan fingerprint density at radius 3 is 2.47 bits per heavy atom. The highest BCUT2D eigenvalue weighted by Gasteiger charge is 2.26. The lowest BCUT2D eigenvalue weighted by atomic mass is 10.1. The van der Waals surface area contributed by atoms with E-state index < -0.39 is 0 Å². The second-order valence-corrected chi connectivity index (χ2v) is 5.25. The monoisotopic (exact) mass is 262 g/mol. The molecular weight excluding hydrogens is 240 g/mol. The molecule has 0 radical (unpaired) electrons. The van der Waals surface area contributed by atoms with Crippen molar-refractivity contribution >= 4 is 11.6 Å². The van der Waals surface area contributed by atoms with Crippen molar-refractivity contribution in [1.82, 2.24) is 4.90 Å². The quantitative estimate of drug-likeness (QED) is 0.889. The molecule has 2 atom stereocenters. The smallest absolute Gasteiger partial charge is 0.254 e. The third-order valence-corrected chi connectivity index (χ3v) is 3.45. The van der Waals surface area contributed by atoms with Crippen LogP contribution in [-0.4, -0.2) is 43.2 Å². The minimum Gasteiger partial charge on any atom is -0.388 e. The van der Waals surface area contributed by atoms with Gasteiger partial charge in [0.2, 0.25) is 0 Å². The zero-order valence-electron chi connectivity index (χ0n) is 12.1. The molecule has 1 saturated heterocycles. The number of anilines is 1. The minimum absolute atomic E-state index is 0.0905. The van der Waals surface area contributed by atoms with Crippen molar-refractivity contribution in [1.29, 1.82) is 0 Å². The van der Waals surface area contributed by atoms with E-state index in [9.17, 15) is 4.79 Å². The Kier molecular flexibility index (Phi) is 4.10. The lowest BCUT2D eigenvalue weighted by Gasteiger charge is -2.35. The molecule has 0 saturated carbocycles. The first-order chi connectivity index (χ1) is 9.01. The first-order valence-electron chi connectivity index (χ1n) is 6.74. The van der Waals surface area contributed by atoms with Gasteiger partial charge in [-0.2, -0.15) is 0 Å². The largest absolute Gasteiger partial charge is 0.388 e. The number of aryl methyl sites for hydroxylation is 1. The van der Waals surface area contributed by atoms with E-state index in [1.165, 1.54) is 0 Å². The summed E-state index contributed by atoms with van der Waals surface area (Å²) in [6.07, 6.45) is 0.204. The fourth-order valence-corrected chi connectivity index (χ4v) is 2.60. The molecule has 19 heavy (non-hydrogen) atoms. The van der Waals surface area contributed by atoms with Crippen LogP contribution in [0.4, 0.5) is 5.69 Å². The summed E-state index contributed by atoms with van der Waals surface area (Å²) in [4.78, 5) is 14.4. The van der Waals surface area contributed by atoms with Crippen LogP contribution in [0, 0.1) is 6.92 Å². The Hall–Kier alpha value is -1.55. The van der Waals surface area contributed by atoms with Gasteiger partial charge in [0.15, 0.2) is 0 Å². The summed E-state index contributed by atoms with van der Waals surface area (Å²) in [6, 6.07) is 5.78. The van der Waals surface area contributed by atoms with Crippen molar-refractivity contribution in [2.24, 2.45) is 0 Å². The van der Waals surface area contributed by atoms with Gasteiger partial charge in [-0.3, -0.25) is 4.79 Å². The molecule has 2 rings (SSSR count). The average molecular weight is 262 g/mol. The van der Waals surface area contributed by atoms with Crippen LogP contribution in [0.5, 0.6) is 0 Å². The van der Waals surface area contributed by atoms with Crippen molar-refractivity contribution in [3.05, 3.63) is 29.3 Å². The molecule has 0 aromatic heterocycles.